The first-order valence-electron chi connectivity index (χ1n) is 8.79. The summed E-state index contributed by atoms with van der Waals surface area (Å²) in [5.41, 5.74) is 2.25. The number of carbonyl (C=O) groups is 1. The largest absolute Gasteiger partial charge is 0.334 e. The molecule has 3 rings (SSSR count). The number of aromatic nitrogens is 1. The van der Waals surface area contributed by atoms with Crippen LogP contribution in [-0.4, -0.2) is 19.4 Å². The van der Waals surface area contributed by atoms with E-state index in [4.69, 9.17) is 23.2 Å². The van der Waals surface area contributed by atoms with Crippen LogP contribution in [0.3, 0.4) is 0 Å². The zero-order valence-electron chi connectivity index (χ0n) is 15.6. The first-order chi connectivity index (χ1) is 14.3. The maximum atomic E-state index is 12.4. The summed E-state index contributed by atoms with van der Waals surface area (Å²) in [6.45, 7) is 0.361. The van der Waals surface area contributed by atoms with Crippen molar-refractivity contribution in [1.82, 2.24) is 10.3 Å². The van der Waals surface area contributed by atoms with Crippen molar-refractivity contribution in [1.29, 1.82) is 0 Å². The highest BCUT2D eigenvalue weighted by Gasteiger charge is 2.14. The maximum absolute atomic E-state index is 12.4. The van der Waals surface area contributed by atoms with Gasteiger partial charge in [0.1, 0.15) is 0 Å². The lowest BCUT2D eigenvalue weighted by molar-refractivity contribution is 0.251. The molecule has 0 aliphatic rings. The van der Waals surface area contributed by atoms with Gasteiger partial charge in [0.2, 0.25) is 10.0 Å². The average Bonchev–Trinajstić information content (AvgIpc) is 2.71. The van der Waals surface area contributed by atoms with Gasteiger partial charge in [-0.15, -0.1) is 0 Å². The molecule has 0 saturated heterocycles. The Labute approximate surface area is 184 Å². The molecule has 0 bridgehead atoms. The highest BCUT2D eigenvalue weighted by atomic mass is 35.5. The van der Waals surface area contributed by atoms with Gasteiger partial charge in [0.05, 0.1) is 5.75 Å². The zero-order chi connectivity index (χ0) is 21.6. The van der Waals surface area contributed by atoms with E-state index in [1.54, 1.807) is 60.9 Å². The highest BCUT2D eigenvalue weighted by Crippen LogP contribution is 2.24. The molecule has 0 spiro atoms. The van der Waals surface area contributed by atoms with Gasteiger partial charge in [-0.3, -0.25) is 9.71 Å². The summed E-state index contributed by atoms with van der Waals surface area (Å²) in [5.74, 6) is -0.291. The van der Waals surface area contributed by atoms with Gasteiger partial charge in [-0.25, -0.2) is 13.2 Å². The minimum absolute atomic E-state index is 0.283. The van der Waals surface area contributed by atoms with Gasteiger partial charge in [-0.2, -0.15) is 0 Å². The first-order valence-corrected chi connectivity index (χ1v) is 11.2. The minimum Gasteiger partial charge on any atom is -0.334 e. The van der Waals surface area contributed by atoms with Crippen LogP contribution >= 0.6 is 23.2 Å². The van der Waals surface area contributed by atoms with E-state index in [1.807, 2.05) is 0 Å². The Balaban J connectivity index is 1.55. The number of amides is 2. The number of sulfonamides is 1. The van der Waals surface area contributed by atoms with Crippen molar-refractivity contribution in [3.8, 4) is 0 Å². The summed E-state index contributed by atoms with van der Waals surface area (Å²) in [6.07, 6.45) is 3.30. The SMILES string of the molecule is O=C(NCc1ccncc1)Nc1ccc(NS(=O)(=O)Cc2ccc(Cl)cc2Cl)cc1. The van der Waals surface area contributed by atoms with E-state index in [2.05, 4.69) is 20.3 Å². The quantitative estimate of drug-likeness (QED) is 0.473. The van der Waals surface area contributed by atoms with E-state index in [-0.39, 0.29) is 16.8 Å². The minimum atomic E-state index is -3.68. The molecule has 2 amide bonds. The van der Waals surface area contributed by atoms with Crippen molar-refractivity contribution in [3.63, 3.8) is 0 Å². The summed E-state index contributed by atoms with van der Waals surface area (Å²) in [5, 5.41) is 6.12. The Morgan fingerprint density at radius 3 is 2.27 bits per heavy atom. The van der Waals surface area contributed by atoms with E-state index < -0.39 is 10.0 Å². The second kappa shape index (κ2) is 9.80. The summed E-state index contributed by atoms with van der Waals surface area (Å²) < 4.78 is 27.3. The third-order valence-electron chi connectivity index (χ3n) is 3.98. The lowest BCUT2D eigenvalue weighted by Crippen LogP contribution is -2.28. The van der Waals surface area contributed by atoms with Crippen LogP contribution in [0, 0.1) is 0 Å². The number of anilines is 2. The molecular weight excluding hydrogens is 447 g/mol. The van der Waals surface area contributed by atoms with Crippen LogP contribution in [0.2, 0.25) is 10.0 Å². The van der Waals surface area contributed by atoms with Crippen molar-refractivity contribution in [2.75, 3.05) is 10.0 Å². The average molecular weight is 465 g/mol. The molecule has 0 aliphatic carbocycles. The monoisotopic (exact) mass is 464 g/mol. The molecule has 2 aromatic carbocycles. The van der Waals surface area contributed by atoms with Crippen molar-refractivity contribution in [2.45, 2.75) is 12.3 Å². The molecule has 1 aromatic heterocycles. The lowest BCUT2D eigenvalue weighted by atomic mass is 10.2. The third-order valence-corrected chi connectivity index (χ3v) is 5.80. The van der Waals surface area contributed by atoms with Gasteiger partial charge in [0.15, 0.2) is 0 Å². The first kappa shape index (κ1) is 21.9. The van der Waals surface area contributed by atoms with Gasteiger partial charge < -0.3 is 10.6 Å². The van der Waals surface area contributed by atoms with Gasteiger partial charge >= 0.3 is 6.03 Å². The Hall–Kier alpha value is -2.81. The summed E-state index contributed by atoms with van der Waals surface area (Å²) in [7, 11) is -3.68. The number of hydrogen-bond donors (Lipinski definition) is 3. The number of pyridine rings is 1. The van der Waals surface area contributed by atoms with Crippen LogP contribution in [0.4, 0.5) is 16.2 Å². The third kappa shape index (κ3) is 6.62. The zero-order valence-corrected chi connectivity index (χ0v) is 17.9. The molecule has 0 fully saturated rings. The maximum Gasteiger partial charge on any atom is 0.319 e. The predicted molar refractivity (Wildman–Crippen MR) is 119 cm³/mol. The van der Waals surface area contributed by atoms with Crippen LogP contribution in [-0.2, 0) is 22.3 Å². The van der Waals surface area contributed by atoms with E-state index in [1.165, 1.54) is 6.07 Å². The molecule has 0 atom stereocenters. The van der Waals surface area contributed by atoms with Crippen molar-refractivity contribution < 1.29 is 13.2 Å². The topological polar surface area (TPSA) is 100 Å². The molecule has 0 radical (unpaired) electrons. The lowest BCUT2D eigenvalue weighted by Gasteiger charge is -2.11. The number of carbonyl (C=O) groups excluding carboxylic acids is 1. The second-order valence-corrected chi connectivity index (χ2v) is 8.90. The Morgan fingerprint density at radius 1 is 0.933 bits per heavy atom. The molecule has 156 valence electrons. The van der Waals surface area contributed by atoms with E-state index in [0.717, 1.165) is 5.56 Å². The molecule has 0 aliphatic heterocycles. The number of urea groups is 1. The molecule has 30 heavy (non-hydrogen) atoms. The van der Waals surface area contributed by atoms with Crippen molar-refractivity contribution in [2.24, 2.45) is 0 Å². The molecule has 0 saturated carbocycles. The molecule has 10 heteroatoms. The number of rotatable bonds is 7. The molecule has 0 unspecified atom stereocenters. The fourth-order valence-corrected chi connectivity index (χ4v) is 4.32. The van der Waals surface area contributed by atoms with Crippen LogP contribution < -0.4 is 15.4 Å². The fourth-order valence-electron chi connectivity index (χ4n) is 2.54. The van der Waals surface area contributed by atoms with Crippen LogP contribution in [0.5, 0.6) is 0 Å². The fraction of sp³-hybridized carbons (Fsp3) is 0.100. The van der Waals surface area contributed by atoms with E-state index in [0.29, 0.717) is 28.5 Å². The Bertz CT molecular complexity index is 1120. The molecule has 3 aromatic rings. The number of halogens is 2. The second-order valence-electron chi connectivity index (χ2n) is 6.34. The highest BCUT2D eigenvalue weighted by molar-refractivity contribution is 7.91. The number of nitrogens with one attached hydrogen (secondary N) is 3. The van der Waals surface area contributed by atoms with Gasteiger partial charge in [-0.1, -0.05) is 29.3 Å². The normalized spacial score (nSPS) is 11.0. The Kier molecular flexibility index (Phi) is 7.15. The van der Waals surface area contributed by atoms with Gasteiger partial charge in [0.25, 0.3) is 0 Å². The molecular formula is C20H18Cl2N4O3S. The van der Waals surface area contributed by atoms with E-state index in [9.17, 15) is 13.2 Å². The van der Waals surface area contributed by atoms with Crippen molar-refractivity contribution in [3.05, 3.63) is 88.2 Å². The van der Waals surface area contributed by atoms with Crippen LogP contribution in [0.1, 0.15) is 11.1 Å². The Morgan fingerprint density at radius 2 is 1.60 bits per heavy atom. The summed E-state index contributed by atoms with van der Waals surface area (Å²) >= 11 is 11.9. The van der Waals surface area contributed by atoms with Crippen molar-refractivity contribution >= 4 is 50.6 Å². The summed E-state index contributed by atoms with van der Waals surface area (Å²) in [6, 6.07) is 14.2. The predicted octanol–water partition coefficient (Wildman–Crippen LogP) is 4.65. The van der Waals surface area contributed by atoms with Gasteiger partial charge in [-0.05, 0) is 59.7 Å². The van der Waals surface area contributed by atoms with E-state index >= 15 is 0 Å². The van der Waals surface area contributed by atoms with Crippen LogP contribution in [0.15, 0.2) is 67.0 Å². The smallest absolute Gasteiger partial charge is 0.319 e. The molecule has 1 heterocycles. The standard InChI is InChI=1S/C20H18Cl2N4O3S/c21-16-2-1-15(19(22)11-16)13-30(28,29)26-18-5-3-17(4-6-18)25-20(27)24-12-14-7-9-23-10-8-14/h1-11,26H,12-13H2,(H2,24,25,27). The summed E-state index contributed by atoms with van der Waals surface area (Å²) in [4.78, 5) is 15.9. The van der Waals surface area contributed by atoms with Gasteiger partial charge in [0, 0.05) is 40.4 Å². The number of nitrogens with zero attached hydrogens (tertiary/aromatic N) is 1. The number of benzene rings is 2. The molecule has 3 N–H and O–H groups in total. The molecule has 7 nitrogen and oxygen atoms in total. The van der Waals surface area contributed by atoms with Crippen LogP contribution in [0.25, 0.3) is 0 Å². The number of hydrogen-bond acceptors (Lipinski definition) is 4.